The van der Waals surface area contributed by atoms with Crippen LogP contribution < -0.4 is 5.32 Å². The molecule has 0 saturated carbocycles. The van der Waals surface area contributed by atoms with E-state index in [1.807, 2.05) is 63.8 Å². The molecule has 1 aliphatic heterocycles. The predicted molar refractivity (Wildman–Crippen MR) is 117 cm³/mol. The van der Waals surface area contributed by atoms with Crippen molar-refractivity contribution in [3.63, 3.8) is 0 Å². The maximum Gasteiger partial charge on any atom is 0.247 e. The minimum Gasteiger partial charge on any atom is -0.381 e. The van der Waals surface area contributed by atoms with E-state index in [1.54, 1.807) is 0 Å². The van der Waals surface area contributed by atoms with Gasteiger partial charge in [-0.25, -0.2) is 4.52 Å². The lowest BCUT2D eigenvalue weighted by Gasteiger charge is -2.22. The molecule has 9 heteroatoms. The van der Waals surface area contributed by atoms with E-state index < -0.39 is 0 Å². The molecule has 0 amide bonds. The Morgan fingerprint density at radius 2 is 1.97 bits per heavy atom. The van der Waals surface area contributed by atoms with E-state index in [9.17, 15) is 0 Å². The minimum absolute atomic E-state index is 0.382. The van der Waals surface area contributed by atoms with E-state index in [-0.39, 0.29) is 0 Å². The van der Waals surface area contributed by atoms with Crippen molar-refractivity contribution in [1.82, 2.24) is 34.2 Å². The first-order valence-corrected chi connectivity index (χ1v) is 10.4. The molecular formula is C22H22N8O. The number of anilines is 2. The van der Waals surface area contributed by atoms with Crippen LogP contribution in [0.2, 0.25) is 0 Å². The zero-order valence-corrected chi connectivity index (χ0v) is 17.1. The number of nitrogens with one attached hydrogen (secondary N) is 1. The second kappa shape index (κ2) is 7.21. The molecule has 1 saturated heterocycles. The van der Waals surface area contributed by atoms with Crippen LogP contribution in [-0.2, 0) is 11.8 Å². The highest BCUT2D eigenvalue weighted by atomic mass is 16.5. The Balaban J connectivity index is 1.31. The molecule has 5 aromatic rings. The average Bonchev–Trinajstić information content (AvgIpc) is 3.50. The fourth-order valence-corrected chi connectivity index (χ4v) is 4.17. The number of aromatic nitrogens is 7. The molecule has 0 aliphatic carbocycles. The summed E-state index contributed by atoms with van der Waals surface area (Å²) in [5.74, 6) is 0.543. The third kappa shape index (κ3) is 3.32. The maximum atomic E-state index is 5.45. The third-order valence-corrected chi connectivity index (χ3v) is 5.70. The Labute approximate surface area is 178 Å². The highest BCUT2D eigenvalue weighted by molar-refractivity contribution is 5.83. The minimum atomic E-state index is 0.382. The van der Waals surface area contributed by atoms with Gasteiger partial charge in [-0.3, -0.25) is 9.36 Å². The molecule has 1 N–H and O–H groups in total. The van der Waals surface area contributed by atoms with Crippen LogP contribution in [0.4, 0.5) is 11.6 Å². The van der Waals surface area contributed by atoms with Gasteiger partial charge >= 0.3 is 0 Å². The molecule has 9 nitrogen and oxygen atoms in total. The van der Waals surface area contributed by atoms with E-state index in [4.69, 9.17) is 9.84 Å². The lowest BCUT2D eigenvalue weighted by atomic mass is 10.1. The van der Waals surface area contributed by atoms with E-state index in [2.05, 4.69) is 32.6 Å². The van der Waals surface area contributed by atoms with Gasteiger partial charge in [0.1, 0.15) is 0 Å². The van der Waals surface area contributed by atoms with Crippen LogP contribution >= 0.6 is 0 Å². The van der Waals surface area contributed by atoms with Crippen molar-refractivity contribution >= 4 is 28.2 Å². The second-order valence-electron chi connectivity index (χ2n) is 7.87. The Hall–Kier alpha value is -3.72. The topological polar surface area (TPSA) is 87.1 Å². The molecular weight excluding hydrogens is 392 g/mol. The molecule has 156 valence electrons. The molecule has 0 bridgehead atoms. The molecule has 31 heavy (non-hydrogen) atoms. The van der Waals surface area contributed by atoms with Crippen molar-refractivity contribution in [3.8, 4) is 11.3 Å². The largest absolute Gasteiger partial charge is 0.381 e. The van der Waals surface area contributed by atoms with Crippen LogP contribution in [0.1, 0.15) is 18.9 Å². The van der Waals surface area contributed by atoms with Gasteiger partial charge in [-0.2, -0.15) is 15.2 Å². The van der Waals surface area contributed by atoms with Gasteiger partial charge in [0.2, 0.25) is 5.95 Å². The number of rotatable bonds is 4. The van der Waals surface area contributed by atoms with Gasteiger partial charge in [-0.15, -0.1) is 5.10 Å². The Morgan fingerprint density at radius 1 is 1.06 bits per heavy atom. The van der Waals surface area contributed by atoms with Crippen LogP contribution in [0.5, 0.6) is 0 Å². The lowest BCUT2D eigenvalue weighted by molar-refractivity contribution is 0.0662. The van der Waals surface area contributed by atoms with E-state index in [1.165, 1.54) is 0 Å². The van der Waals surface area contributed by atoms with Crippen LogP contribution in [0.25, 0.3) is 27.8 Å². The summed E-state index contributed by atoms with van der Waals surface area (Å²) in [5, 5.41) is 18.1. The van der Waals surface area contributed by atoms with Crippen molar-refractivity contribution in [3.05, 3.63) is 55.0 Å². The normalized spacial score (nSPS) is 15.1. The molecule has 5 heterocycles. The zero-order chi connectivity index (χ0) is 20.8. The highest BCUT2D eigenvalue weighted by Crippen LogP contribution is 2.26. The van der Waals surface area contributed by atoms with Gasteiger partial charge in [0.25, 0.3) is 0 Å². The molecule has 0 radical (unpaired) electrons. The second-order valence-corrected chi connectivity index (χ2v) is 7.87. The summed E-state index contributed by atoms with van der Waals surface area (Å²) in [6, 6.07) is 12.6. The fourth-order valence-electron chi connectivity index (χ4n) is 4.17. The summed E-state index contributed by atoms with van der Waals surface area (Å²) in [6.07, 6.45) is 7.82. The number of nitrogens with zero attached hydrogens (tertiary/aromatic N) is 7. The number of pyridine rings is 1. The molecule has 1 fully saturated rings. The van der Waals surface area contributed by atoms with E-state index in [0.717, 1.165) is 59.6 Å². The number of hydrogen-bond donors (Lipinski definition) is 1. The molecule has 0 spiro atoms. The van der Waals surface area contributed by atoms with Gasteiger partial charge in [0.05, 0.1) is 29.1 Å². The smallest absolute Gasteiger partial charge is 0.247 e. The van der Waals surface area contributed by atoms with Gasteiger partial charge in [0, 0.05) is 43.6 Å². The third-order valence-electron chi connectivity index (χ3n) is 5.70. The lowest BCUT2D eigenvalue weighted by Crippen LogP contribution is -2.19. The van der Waals surface area contributed by atoms with Crippen LogP contribution in [0, 0.1) is 0 Å². The summed E-state index contributed by atoms with van der Waals surface area (Å²) < 4.78 is 11.1. The predicted octanol–water partition coefficient (Wildman–Crippen LogP) is 3.57. The highest BCUT2D eigenvalue weighted by Gasteiger charge is 2.17. The van der Waals surface area contributed by atoms with E-state index in [0.29, 0.717) is 12.0 Å². The molecule has 4 aromatic heterocycles. The summed E-state index contributed by atoms with van der Waals surface area (Å²) >= 11 is 0. The Bertz CT molecular complexity index is 1370. The van der Waals surface area contributed by atoms with Gasteiger partial charge < -0.3 is 10.1 Å². The SMILES string of the molecule is Cn1cc2cc(-c3cccc4nc(Nc5cnn(C6CCOCC6)c5)nn34)ccc2n1. The first kappa shape index (κ1) is 18.1. The molecule has 0 unspecified atom stereocenters. The summed E-state index contributed by atoms with van der Waals surface area (Å²) in [7, 11) is 1.93. The summed E-state index contributed by atoms with van der Waals surface area (Å²) in [4.78, 5) is 4.65. The zero-order valence-electron chi connectivity index (χ0n) is 17.1. The molecule has 6 rings (SSSR count). The average molecular weight is 414 g/mol. The van der Waals surface area contributed by atoms with Gasteiger partial charge in [-0.05, 0) is 37.1 Å². The quantitative estimate of drug-likeness (QED) is 0.484. The van der Waals surface area contributed by atoms with Crippen molar-refractivity contribution in [2.45, 2.75) is 18.9 Å². The monoisotopic (exact) mass is 414 g/mol. The number of ether oxygens (including phenoxy) is 1. The molecule has 1 aliphatic rings. The first-order valence-electron chi connectivity index (χ1n) is 10.4. The van der Waals surface area contributed by atoms with Crippen molar-refractivity contribution in [1.29, 1.82) is 0 Å². The summed E-state index contributed by atoms with van der Waals surface area (Å²) in [6.45, 7) is 1.57. The molecule has 1 aromatic carbocycles. The van der Waals surface area contributed by atoms with Crippen molar-refractivity contribution in [2.24, 2.45) is 7.05 Å². The number of benzene rings is 1. The number of fused-ring (bicyclic) bond motifs is 2. The molecule has 0 atom stereocenters. The first-order chi connectivity index (χ1) is 15.2. The van der Waals surface area contributed by atoms with Crippen LogP contribution in [-0.4, -0.2) is 47.4 Å². The Kier molecular flexibility index (Phi) is 4.20. The van der Waals surface area contributed by atoms with Gasteiger partial charge in [-0.1, -0.05) is 12.1 Å². The van der Waals surface area contributed by atoms with E-state index >= 15 is 0 Å². The number of hydrogen-bond acceptors (Lipinski definition) is 6. The standard InChI is InChI=1S/C22H22N8O/c1-28-13-16-11-15(5-6-19(16)26-28)20-3-2-4-21-25-22(27-30(20)21)24-17-12-23-29(14-17)18-7-9-31-10-8-18/h2-6,11-14,18H,7-10H2,1H3,(H,24,27). The van der Waals surface area contributed by atoms with Gasteiger partial charge in [0.15, 0.2) is 5.65 Å². The number of aryl methyl sites for hydroxylation is 1. The van der Waals surface area contributed by atoms with Crippen LogP contribution in [0.15, 0.2) is 55.0 Å². The fraction of sp³-hybridized carbons (Fsp3) is 0.273. The Morgan fingerprint density at radius 3 is 2.87 bits per heavy atom. The van der Waals surface area contributed by atoms with Crippen molar-refractivity contribution in [2.75, 3.05) is 18.5 Å². The maximum absolute atomic E-state index is 5.45. The van der Waals surface area contributed by atoms with Crippen LogP contribution in [0.3, 0.4) is 0 Å². The summed E-state index contributed by atoms with van der Waals surface area (Å²) in [5.41, 5.74) is 4.67. The van der Waals surface area contributed by atoms with Crippen molar-refractivity contribution < 1.29 is 4.74 Å².